The van der Waals surface area contributed by atoms with E-state index in [1.54, 1.807) is 0 Å². The van der Waals surface area contributed by atoms with Gasteiger partial charge in [-0.15, -0.1) is 0 Å². The molecule has 1 aliphatic heterocycles. The summed E-state index contributed by atoms with van der Waals surface area (Å²) in [6.45, 7) is 4.40. The summed E-state index contributed by atoms with van der Waals surface area (Å²) in [5.41, 5.74) is 2.52. The minimum absolute atomic E-state index is 0.0247. The van der Waals surface area contributed by atoms with Gasteiger partial charge in [-0.25, -0.2) is 0 Å². The lowest BCUT2D eigenvalue weighted by Crippen LogP contribution is -2.29. The second-order valence-electron chi connectivity index (χ2n) is 7.24. The van der Waals surface area contributed by atoms with Gasteiger partial charge in [-0.2, -0.15) is 0 Å². The number of rotatable bonds is 10. The number of ether oxygens (including phenoxy) is 1. The van der Waals surface area contributed by atoms with Gasteiger partial charge in [0.25, 0.3) is 0 Å². The van der Waals surface area contributed by atoms with Crippen molar-refractivity contribution in [3.8, 4) is 0 Å². The van der Waals surface area contributed by atoms with Gasteiger partial charge in [0, 0.05) is 0 Å². The molecule has 1 heterocycles. The van der Waals surface area contributed by atoms with Crippen molar-refractivity contribution in [2.45, 2.75) is 96.5 Å². The molecule has 2 atom stereocenters. The molecule has 0 saturated carbocycles. The van der Waals surface area contributed by atoms with Crippen LogP contribution in [0.5, 0.6) is 0 Å². The molecule has 2 rings (SSSR count). The molecule has 134 valence electrons. The molecule has 1 aliphatic rings. The molecule has 0 N–H and O–H groups in total. The summed E-state index contributed by atoms with van der Waals surface area (Å²) in [7, 11) is 0. The summed E-state index contributed by atoms with van der Waals surface area (Å²) < 4.78 is 5.60. The minimum atomic E-state index is -0.0544. The van der Waals surface area contributed by atoms with Crippen molar-refractivity contribution in [3.63, 3.8) is 0 Å². The van der Waals surface area contributed by atoms with Crippen LogP contribution in [0.25, 0.3) is 0 Å². The maximum atomic E-state index is 12.2. The highest BCUT2D eigenvalue weighted by Gasteiger charge is 2.30. The average Bonchev–Trinajstić information content (AvgIpc) is 2.59. The standard InChI is InChI=1S/C22H34O2/c1-3-5-6-7-8-9-11-18-12-14-19(15-13-18)21-17-16-20(10-4-2)24-22(21)23/h12-15,20-21H,3-11,16-17H2,1-2H3. The lowest BCUT2D eigenvalue weighted by molar-refractivity contribution is -0.156. The molecular formula is C22H34O2. The minimum Gasteiger partial charge on any atom is -0.462 e. The molecular weight excluding hydrogens is 296 g/mol. The zero-order valence-corrected chi connectivity index (χ0v) is 15.6. The molecule has 0 radical (unpaired) electrons. The van der Waals surface area contributed by atoms with Gasteiger partial charge in [0.05, 0.1) is 5.92 Å². The molecule has 1 fully saturated rings. The smallest absolute Gasteiger partial charge is 0.313 e. The van der Waals surface area contributed by atoms with Crippen molar-refractivity contribution < 1.29 is 9.53 Å². The first-order chi connectivity index (χ1) is 11.7. The lowest BCUT2D eigenvalue weighted by atomic mass is 9.89. The van der Waals surface area contributed by atoms with Gasteiger partial charge in [-0.1, -0.05) is 76.6 Å². The second kappa shape index (κ2) is 10.5. The summed E-state index contributed by atoms with van der Waals surface area (Å²) >= 11 is 0. The van der Waals surface area contributed by atoms with E-state index in [9.17, 15) is 4.79 Å². The van der Waals surface area contributed by atoms with Crippen molar-refractivity contribution in [1.29, 1.82) is 0 Å². The van der Waals surface area contributed by atoms with E-state index < -0.39 is 0 Å². The Kier molecular flexibility index (Phi) is 8.35. The van der Waals surface area contributed by atoms with Crippen LogP contribution in [0.4, 0.5) is 0 Å². The summed E-state index contributed by atoms with van der Waals surface area (Å²) in [6.07, 6.45) is 13.3. The van der Waals surface area contributed by atoms with Crippen molar-refractivity contribution in [3.05, 3.63) is 35.4 Å². The number of carbonyl (C=O) groups is 1. The topological polar surface area (TPSA) is 26.3 Å². The molecule has 0 amide bonds. The number of hydrogen-bond acceptors (Lipinski definition) is 2. The molecule has 2 unspecified atom stereocenters. The SMILES string of the molecule is CCCCCCCCc1ccc(C2CCC(CCC)OC2=O)cc1. The van der Waals surface area contributed by atoms with Gasteiger partial charge >= 0.3 is 5.97 Å². The first kappa shape index (κ1) is 19.0. The van der Waals surface area contributed by atoms with Crippen LogP contribution in [-0.4, -0.2) is 12.1 Å². The summed E-state index contributed by atoms with van der Waals surface area (Å²) in [6, 6.07) is 8.68. The van der Waals surface area contributed by atoms with Gasteiger partial charge in [-0.05, 0) is 43.2 Å². The second-order valence-corrected chi connectivity index (χ2v) is 7.24. The normalized spacial score (nSPS) is 20.8. The van der Waals surface area contributed by atoms with E-state index in [-0.39, 0.29) is 18.0 Å². The lowest BCUT2D eigenvalue weighted by Gasteiger charge is -2.28. The predicted octanol–water partition coefficient (Wildman–Crippen LogP) is 6.18. The van der Waals surface area contributed by atoms with Gasteiger partial charge < -0.3 is 4.74 Å². The third-order valence-electron chi connectivity index (χ3n) is 5.16. The van der Waals surface area contributed by atoms with Crippen LogP contribution in [0.3, 0.4) is 0 Å². The predicted molar refractivity (Wildman–Crippen MR) is 100 cm³/mol. The highest BCUT2D eigenvalue weighted by atomic mass is 16.5. The van der Waals surface area contributed by atoms with Crippen molar-refractivity contribution in [1.82, 2.24) is 0 Å². The van der Waals surface area contributed by atoms with Crippen molar-refractivity contribution in [2.24, 2.45) is 0 Å². The Morgan fingerprint density at radius 3 is 2.29 bits per heavy atom. The summed E-state index contributed by atoms with van der Waals surface area (Å²) in [5, 5.41) is 0. The van der Waals surface area contributed by atoms with Gasteiger partial charge in [0.2, 0.25) is 0 Å². The van der Waals surface area contributed by atoms with E-state index >= 15 is 0 Å². The number of hydrogen-bond donors (Lipinski definition) is 0. The zero-order valence-electron chi connectivity index (χ0n) is 15.6. The van der Waals surface area contributed by atoms with Gasteiger partial charge in [0.1, 0.15) is 6.10 Å². The van der Waals surface area contributed by atoms with Crippen LogP contribution in [0.1, 0.15) is 95.1 Å². The van der Waals surface area contributed by atoms with E-state index in [1.807, 2.05) is 0 Å². The molecule has 0 spiro atoms. The van der Waals surface area contributed by atoms with Crippen LogP contribution in [0, 0.1) is 0 Å². The molecule has 24 heavy (non-hydrogen) atoms. The molecule has 0 bridgehead atoms. The van der Waals surface area contributed by atoms with Gasteiger partial charge in [0.15, 0.2) is 0 Å². The van der Waals surface area contributed by atoms with E-state index in [0.717, 1.165) is 37.7 Å². The number of cyclic esters (lactones) is 1. The fourth-order valence-electron chi connectivity index (χ4n) is 3.63. The Morgan fingerprint density at radius 1 is 0.917 bits per heavy atom. The van der Waals surface area contributed by atoms with Crippen LogP contribution >= 0.6 is 0 Å². The molecule has 1 aromatic rings. The van der Waals surface area contributed by atoms with Crippen LogP contribution in [-0.2, 0) is 16.0 Å². The quantitative estimate of drug-likeness (QED) is 0.378. The average molecular weight is 331 g/mol. The number of benzene rings is 1. The number of unbranched alkanes of at least 4 members (excludes halogenated alkanes) is 5. The molecule has 0 aliphatic carbocycles. The Hall–Kier alpha value is -1.31. The van der Waals surface area contributed by atoms with E-state index in [0.29, 0.717) is 0 Å². The summed E-state index contributed by atoms with van der Waals surface area (Å²) in [5.74, 6) is -0.0791. The van der Waals surface area contributed by atoms with E-state index in [2.05, 4.69) is 38.1 Å². The van der Waals surface area contributed by atoms with Crippen molar-refractivity contribution >= 4 is 5.97 Å². The Balaban J connectivity index is 1.76. The fraction of sp³-hybridized carbons (Fsp3) is 0.682. The first-order valence-electron chi connectivity index (χ1n) is 10.0. The van der Waals surface area contributed by atoms with Crippen LogP contribution in [0.15, 0.2) is 24.3 Å². The van der Waals surface area contributed by atoms with Crippen LogP contribution in [0.2, 0.25) is 0 Å². The zero-order chi connectivity index (χ0) is 17.2. The largest absolute Gasteiger partial charge is 0.462 e. The molecule has 2 heteroatoms. The Morgan fingerprint density at radius 2 is 1.62 bits per heavy atom. The number of aryl methyl sites for hydroxylation is 1. The molecule has 1 saturated heterocycles. The molecule has 0 aromatic heterocycles. The van der Waals surface area contributed by atoms with Gasteiger partial charge in [-0.3, -0.25) is 4.79 Å². The highest BCUT2D eigenvalue weighted by molar-refractivity contribution is 5.79. The Bertz CT molecular complexity index is 477. The molecule has 1 aromatic carbocycles. The first-order valence-corrected chi connectivity index (χ1v) is 10.0. The maximum Gasteiger partial charge on any atom is 0.313 e. The number of esters is 1. The fourth-order valence-corrected chi connectivity index (χ4v) is 3.63. The third-order valence-corrected chi connectivity index (χ3v) is 5.16. The van der Waals surface area contributed by atoms with E-state index in [4.69, 9.17) is 4.74 Å². The monoisotopic (exact) mass is 330 g/mol. The van der Waals surface area contributed by atoms with E-state index in [1.165, 1.54) is 44.1 Å². The third kappa shape index (κ3) is 5.96. The van der Waals surface area contributed by atoms with Crippen LogP contribution < -0.4 is 0 Å². The summed E-state index contributed by atoms with van der Waals surface area (Å²) in [4.78, 5) is 12.2. The maximum absolute atomic E-state index is 12.2. The Labute approximate surface area is 148 Å². The highest BCUT2D eigenvalue weighted by Crippen LogP contribution is 2.31. The van der Waals surface area contributed by atoms with Crippen molar-refractivity contribution in [2.75, 3.05) is 0 Å². The molecule has 2 nitrogen and oxygen atoms in total. The number of carbonyl (C=O) groups excluding carboxylic acids is 1.